The molecule has 0 bridgehead atoms. The van der Waals surface area contributed by atoms with Gasteiger partial charge in [0.25, 0.3) is 5.56 Å². The lowest BCUT2D eigenvalue weighted by Gasteiger charge is -2.37. The van der Waals surface area contributed by atoms with Crippen molar-refractivity contribution in [3.05, 3.63) is 76.2 Å². The summed E-state index contributed by atoms with van der Waals surface area (Å²) in [4.78, 5) is 14.2. The van der Waals surface area contributed by atoms with E-state index < -0.39 is 22.6 Å². The number of alkyl halides is 5. The van der Waals surface area contributed by atoms with Crippen LogP contribution in [0.15, 0.2) is 64.3 Å². The Morgan fingerprint density at radius 3 is 2.47 bits per heavy atom. The third-order valence-corrected chi connectivity index (χ3v) is 7.90. The van der Waals surface area contributed by atoms with Crippen molar-refractivity contribution >= 4 is 35.0 Å². The molecule has 1 fully saturated rings. The summed E-state index contributed by atoms with van der Waals surface area (Å²) in [5.74, 6) is -0.470. The van der Waals surface area contributed by atoms with Gasteiger partial charge >= 0.3 is 6.18 Å². The van der Waals surface area contributed by atoms with Crippen LogP contribution in [0.4, 0.5) is 13.2 Å². The summed E-state index contributed by atoms with van der Waals surface area (Å²) >= 11 is 14.6. The van der Waals surface area contributed by atoms with Crippen molar-refractivity contribution in [2.75, 3.05) is 12.9 Å². The van der Waals surface area contributed by atoms with Gasteiger partial charge in [-0.3, -0.25) is 9.89 Å². The number of hydrogen-bond donors (Lipinski definition) is 1. The van der Waals surface area contributed by atoms with Crippen LogP contribution in [0.1, 0.15) is 36.4 Å². The fourth-order valence-electron chi connectivity index (χ4n) is 4.79. The number of thioether (sulfide) groups is 1. The molecular formula is C26H27Cl2F3N2O2S. The van der Waals surface area contributed by atoms with Gasteiger partial charge in [-0.1, -0.05) is 42.5 Å². The number of nitrogens with zero attached hydrogens (tertiary/aromatic N) is 1. The first-order valence-electron chi connectivity index (χ1n) is 11.6. The summed E-state index contributed by atoms with van der Waals surface area (Å²) in [5.41, 5.74) is 1.60. The first-order chi connectivity index (χ1) is 17.1. The highest BCUT2D eigenvalue weighted by molar-refractivity contribution is 7.98. The van der Waals surface area contributed by atoms with Crippen molar-refractivity contribution < 1.29 is 17.9 Å². The van der Waals surface area contributed by atoms with E-state index in [1.165, 1.54) is 0 Å². The average Bonchev–Trinajstić information content (AvgIpc) is 3.13. The number of rotatable bonds is 8. The molecule has 0 saturated heterocycles. The van der Waals surface area contributed by atoms with Crippen molar-refractivity contribution in [1.29, 1.82) is 0 Å². The fraction of sp³-hybridized carbons (Fsp3) is 0.423. The molecule has 1 aliphatic rings. The van der Waals surface area contributed by atoms with Crippen LogP contribution in [-0.2, 0) is 17.9 Å². The molecule has 1 saturated carbocycles. The molecule has 4 nitrogen and oxygen atoms in total. The van der Waals surface area contributed by atoms with E-state index in [0.717, 1.165) is 10.5 Å². The van der Waals surface area contributed by atoms with Gasteiger partial charge in [-0.15, -0.1) is 35.0 Å². The molecule has 10 heteroatoms. The summed E-state index contributed by atoms with van der Waals surface area (Å²) in [6.07, 6.45) is -1.26. The molecule has 194 valence electrons. The summed E-state index contributed by atoms with van der Waals surface area (Å²) < 4.78 is 45.5. The molecule has 0 unspecified atom stereocenters. The third-order valence-electron chi connectivity index (χ3n) is 6.47. The number of halogens is 5. The van der Waals surface area contributed by atoms with E-state index in [4.69, 9.17) is 27.9 Å². The minimum absolute atomic E-state index is 0.195. The SMILES string of the molecule is CSc1ccc(-c2c([C@@H]3CCC(Cl)(Cl)C[C@H]3COCc3ccccc3)[nH]n(CC(F)(F)F)c2=O)cc1. The largest absolute Gasteiger partial charge is 0.408 e. The molecule has 1 N–H and O–H groups in total. The first kappa shape index (κ1) is 27.2. The molecule has 1 aromatic heterocycles. The highest BCUT2D eigenvalue weighted by Gasteiger charge is 2.41. The van der Waals surface area contributed by atoms with Crippen LogP contribution in [0.3, 0.4) is 0 Å². The number of benzene rings is 2. The standard InChI is InChI=1S/C26H27Cl2F3N2O2S/c1-36-20-9-7-18(8-10-20)22-23(32-33(24(22)34)16-26(29,30)31)21-11-12-25(27,28)13-19(21)15-35-14-17-5-3-2-4-6-17/h2-10,19,21,32H,11-16H2,1H3/t19-,21+/m0/s1. The number of H-pyrrole nitrogens is 1. The quantitative estimate of drug-likeness (QED) is 0.231. The van der Waals surface area contributed by atoms with Gasteiger partial charge in [-0.2, -0.15) is 13.2 Å². The molecule has 0 radical (unpaired) electrons. The fourth-order valence-corrected chi connectivity index (χ4v) is 5.81. The zero-order valence-electron chi connectivity index (χ0n) is 19.7. The van der Waals surface area contributed by atoms with E-state index in [2.05, 4.69) is 5.10 Å². The van der Waals surface area contributed by atoms with E-state index in [-0.39, 0.29) is 17.4 Å². The van der Waals surface area contributed by atoms with Gasteiger partial charge in [0.05, 0.1) is 18.8 Å². The van der Waals surface area contributed by atoms with Crippen LogP contribution in [-0.4, -0.2) is 33.2 Å². The maximum atomic E-state index is 13.3. The van der Waals surface area contributed by atoms with Gasteiger partial charge in [0.1, 0.15) is 10.9 Å². The molecule has 0 spiro atoms. The van der Waals surface area contributed by atoms with Crippen molar-refractivity contribution in [1.82, 2.24) is 9.78 Å². The van der Waals surface area contributed by atoms with Crippen molar-refractivity contribution in [3.63, 3.8) is 0 Å². The Labute approximate surface area is 222 Å². The Morgan fingerprint density at radius 1 is 1.14 bits per heavy atom. The number of aromatic amines is 1. The lowest BCUT2D eigenvalue weighted by Crippen LogP contribution is -2.33. The van der Waals surface area contributed by atoms with Crippen LogP contribution >= 0.6 is 35.0 Å². The second-order valence-electron chi connectivity index (χ2n) is 9.10. The van der Waals surface area contributed by atoms with Crippen LogP contribution in [0.25, 0.3) is 11.1 Å². The second kappa shape index (κ2) is 11.3. The van der Waals surface area contributed by atoms with Crippen molar-refractivity contribution in [3.8, 4) is 11.1 Å². The zero-order chi connectivity index (χ0) is 25.9. The van der Waals surface area contributed by atoms with Gasteiger partial charge in [0, 0.05) is 16.5 Å². The molecule has 0 aliphatic heterocycles. The van der Waals surface area contributed by atoms with E-state index in [1.54, 1.807) is 23.9 Å². The Morgan fingerprint density at radius 2 is 1.83 bits per heavy atom. The molecule has 2 aromatic carbocycles. The topological polar surface area (TPSA) is 47.0 Å². The number of nitrogens with one attached hydrogen (secondary N) is 1. The molecule has 1 aliphatic carbocycles. The predicted molar refractivity (Wildman–Crippen MR) is 139 cm³/mol. The van der Waals surface area contributed by atoms with E-state index >= 15 is 0 Å². The summed E-state index contributed by atoms with van der Waals surface area (Å²) in [6, 6.07) is 16.9. The summed E-state index contributed by atoms with van der Waals surface area (Å²) in [6.45, 7) is -0.701. The molecule has 36 heavy (non-hydrogen) atoms. The normalized spacial score (nSPS) is 19.9. The highest BCUT2D eigenvalue weighted by atomic mass is 35.5. The monoisotopic (exact) mass is 558 g/mol. The highest BCUT2D eigenvalue weighted by Crippen LogP contribution is 2.48. The number of hydrogen-bond acceptors (Lipinski definition) is 3. The average molecular weight is 559 g/mol. The minimum atomic E-state index is -4.54. The zero-order valence-corrected chi connectivity index (χ0v) is 22.0. The Hall–Kier alpha value is -1.87. The van der Waals surface area contributed by atoms with Crippen LogP contribution in [0.5, 0.6) is 0 Å². The molecule has 2 atom stereocenters. The number of ether oxygens (including phenoxy) is 1. The second-order valence-corrected chi connectivity index (χ2v) is 11.6. The maximum Gasteiger partial charge on any atom is 0.408 e. The van der Waals surface area contributed by atoms with Gasteiger partial charge < -0.3 is 4.74 Å². The lowest BCUT2D eigenvalue weighted by atomic mass is 9.76. The van der Waals surface area contributed by atoms with Gasteiger partial charge in [-0.25, -0.2) is 4.68 Å². The van der Waals surface area contributed by atoms with Crippen molar-refractivity contribution in [2.45, 2.75) is 53.7 Å². The van der Waals surface area contributed by atoms with Gasteiger partial charge in [0.15, 0.2) is 0 Å². The first-order valence-corrected chi connectivity index (χ1v) is 13.6. The van der Waals surface area contributed by atoms with Gasteiger partial charge in [-0.05, 0) is 54.7 Å². The van der Waals surface area contributed by atoms with Crippen LogP contribution in [0, 0.1) is 5.92 Å². The van der Waals surface area contributed by atoms with Crippen LogP contribution in [0.2, 0.25) is 0 Å². The van der Waals surface area contributed by atoms with E-state index in [1.807, 2.05) is 48.7 Å². The number of aromatic nitrogens is 2. The minimum Gasteiger partial charge on any atom is -0.376 e. The third kappa shape index (κ3) is 6.71. The smallest absolute Gasteiger partial charge is 0.376 e. The Bertz CT molecular complexity index is 1210. The lowest BCUT2D eigenvalue weighted by molar-refractivity contribution is -0.143. The predicted octanol–water partition coefficient (Wildman–Crippen LogP) is 7.40. The molecule has 3 aromatic rings. The molecule has 0 amide bonds. The maximum absolute atomic E-state index is 13.3. The van der Waals surface area contributed by atoms with Crippen molar-refractivity contribution in [2.24, 2.45) is 5.92 Å². The summed E-state index contributed by atoms with van der Waals surface area (Å²) in [7, 11) is 0. The summed E-state index contributed by atoms with van der Waals surface area (Å²) in [5, 5.41) is 2.81. The van der Waals surface area contributed by atoms with Crippen LogP contribution < -0.4 is 5.56 Å². The van der Waals surface area contributed by atoms with E-state index in [9.17, 15) is 18.0 Å². The van der Waals surface area contributed by atoms with Gasteiger partial charge in [0.2, 0.25) is 0 Å². The molecular weight excluding hydrogens is 532 g/mol. The molecule has 4 rings (SSSR count). The van der Waals surface area contributed by atoms with E-state index in [0.29, 0.717) is 48.4 Å². The Kier molecular flexibility index (Phi) is 8.49. The molecule has 1 heterocycles. The Balaban J connectivity index is 1.69.